The minimum absolute atomic E-state index is 0.0435. The summed E-state index contributed by atoms with van der Waals surface area (Å²) in [6.45, 7) is 6.15. The first-order valence-electron chi connectivity index (χ1n) is 19.9. The zero-order valence-electron chi connectivity index (χ0n) is 33.3. The second-order valence-corrected chi connectivity index (χ2v) is 16.2. The first-order valence-corrected chi connectivity index (χ1v) is 19.9. The number of nitrogens with one attached hydrogen (secondary N) is 1. The Balaban J connectivity index is 0.000000172. The number of carbonyl (C=O) groups is 3. The van der Waals surface area contributed by atoms with Crippen molar-refractivity contribution < 1.29 is 27.9 Å². The molecule has 0 aliphatic heterocycles. The van der Waals surface area contributed by atoms with Crippen molar-refractivity contribution >= 4 is 29.5 Å². The van der Waals surface area contributed by atoms with Gasteiger partial charge in [-0.2, -0.15) is 10.2 Å². The molecule has 5 aromatic rings. The number of rotatable bonds is 8. The van der Waals surface area contributed by atoms with E-state index < -0.39 is 10.8 Å². The van der Waals surface area contributed by atoms with E-state index in [1.54, 1.807) is 56.1 Å². The van der Waals surface area contributed by atoms with Crippen LogP contribution in [-0.2, 0) is 33.8 Å². The molecule has 9 rings (SSSR count). The zero-order valence-corrected chi connectivity index (χ0v) is 33.3. The molecule has 2 fully saturated rings. The number of hydrogen-bond donors (Lipinski definition) is 1. The maximum absolute atomic E-state index is 13.4. The van der Waals surface area contributed by atoms with Gasteiger partial charge >= 0.3 is 0 Å². The molecule has 0 spiro atoms. The molecule has 11 heteroatoms. The van der Waals surface area contributed by atoms with Gasteiger partial charge in [0.25, 0.3) is 0 Å². The Morgan fingerprint density at radius 3 is 1.86 bits per heavy atom. The van der Waals surface area contributed by atoms with Crippen molar-refractivity contribution in [2.45, 2.75) is 84.7 Å². The molecule has 0 amide bonds. The van der Waals surface area contributed by atoms with Crippen LogP contribution in [0.4, 0.5) is 8.78 Å². The molecule has 2 saturated carbocycles. The number of methoxy groups -OCH3 is 1. The fourth-order valence-corrected chi connectivity index (χ4v) is 9.37. The van der Waals surface area contributed by atoms with Crippen LogP contribution in [0.15, 0.2) is 90.3 Å². The van der Waals surface area contributed by atoms with E-state index in [2.05, 4.69) is 40.6 Å². The highest BCUT2D eigenvalue weighted by atomic mass is 19.1. The highest BCUT2D eigenvalue weighted by molar-refractivity contribution is 5.96. The van der Waals surface area contributed by atoms with Crippen LogP contribution < -0.4 is 10.1 Å². The van der Waals surface area contributed by atoms with Crippen LogP contribution in [0, 0.1) is 29.4 Å². The predicted molar refractivity (Wildman–Crippen MR) is 218 cm³/mol. The molecule has 2 aromatic heterocycles. The van der Waals surface area contributed by atoms with Gasteiger partial charge in [0.05, 0.1) is 53.1 Å². The molecule has 3 atom stereocenters. The van der Waals surface area contributed by atoms with E-state index in [0.717, 1.165) is 71.0 Å². The van der Waals surface area contributed by atoms with Gasteiger partial charge in [-0.05, 0) is 154 Å². The summed E-state index contributed by atoms with van der Waals surface area (Å²) in [5, 5.41) is 12.7. The molecular weight excluding hydrogens is 737 g/mol. The monoisotopic (exact) mass is 783 g/mol. The van der Waals surface area contributed by atoms with Crippen LogP contribution in [0.3, 0.4) is 0 Å². The Morgan fingerprint density at radius 1 is 0.776 bits per heavy atom. The van der Waals surface area contributed by atoms with Gasteiger partial charge in [0.15, 0.2) is 0 Å². The molecule has 9 nitrogen and oxygen atoms in total. The largest absolute Gasteiger partial charge is 0.497 e. The SMILES string of the molecule is CC(=O)[C@@]12CC(=O)CCC1=Cc1c(cnn1-c1ccc(F)cc1)C2.COc1ccc(CN[C@H]2CCC3=Cc4c(cnn4-c4ccc(F)cc4)C[C@]3(C(C)=O)C2)c(C)c1. The summed E-state index contributed by atoms with van der Waals surface area (Å²) in [7, 11) is 1.68. The van der Waals surface area contributed by atoms with Crippen molar-refractivity contribution in [1.82, 2.24) is 24.9 Å². The van der Waals surface area contributed by atoms with Gasteiger partial charge in [-0.1, -0.05) is 17.2 Å². The number of benzene rings is 3. The van der Waals surface area contributed by atoms with E-state index in [9.17, 15) is 23.2 Å². The third kappa shape index (κ3) is 7.16. The Morgan fingerprint density at radius 2 is 1.33 bits per heavy atom. The van der Waals surface area contributed by atoms with Crippen LogP contribution in [-0.4, -0.2) is 50.1 Å². The average Bonchev–Trinajstić information content (AvgIpc) is 3.82. The standard InChI is InChI=1S/C28H30FN3O2.C19H17FN2O2/c1-18-12-26(34-3)11-4-20(18)16-30-24-8-5-22-13-27-21(14-28(22,15-24)19(2)33)17-31-32(27)25-9-6-23(29)7-10-25;1-12(23)19-9-13-11-21-22(16-5-3-15(20)4-6-16)18(13)8-14(19)2-7-17(24)10-19/h4,6-7,9-13,17,24,30H,5,8,14-16H2,1-3H3;3-6,8,11H,2,7,9-10H2,1H3/t24-,28+;19-/m01/s1. The second-order valence-electron chi connectivity index (χ2n) is 16.2. The predicted octanol–water partition coefficient (Wildman–Crippen LogP) is 8.46. The molecular formula is C47H47F2N5O4. The van der Waals surface area contributed by atoms with Gasteiger partial charge < -0.3 is 10.1 Å². The van der Waals surface area contributed by atoms with Crippen molar-refractivity contribution in [3.63, 3.8) is 0 Å². The molecule has 58 heavy (non-hydrogen) atoms. The summed E-state index contributed by atoms with van der Waals surface area (Å²) >= 11 is 0. The Labute approximate surface area is 336 Å². The van der Waals surface area contributed by atoms with Crippen LogP contribution >= 0.6 is 0 Å². The number of allylic oxidation sites excluding steroid dienone is 2. The maximum atomic E-state index is 13.4. The molecule has 4 aliphatic rings. The average molecular weight is 784 g/mol. The Bertz CT molecular complexity index is 2480. The molecule has 298 valence electrons. The Hall–Kier alpha value is -5.81. The fourth-order valence-electron chi connectivity index (χ4n) is 9.37. The number of aromatic nitrogens is 4. The summed E-state index contributed by atoms with van der Waals surface area (Å²) in [5.41, 5.74) is 8.99. The number of carbonyl (C=O) groups excluding carboxylic acids is 3. The molecule has 0 radical (unpaired) electrons. The lowest BCUT2D eigenvalue weighted by Crippen LogP contribution is -2.46. The molecule has 3 aromatic carbocycles. The second kappa shape index (κ2) is 15.5. The topological polar surface area (TPSA) is 108 Å². The van der Waals surface area contributed by atoms with Gasteiger partial charge in [0.1, 0.15) is 34.7 Å². The highest BCUT2D eigenvalue weighted by Crippen LogP contribution is 2.50. The van der Waals surface area contributed by atoms with E-state index in [1.807, 2.05) is 23.0 Å². The number of halogens is 2. The van der Waals surface area contributed by atoms with Crippen LogP contribution in [0.2, 0.25) is 0 Å². The van der Waals surface area contributed by atoms with Gasteiger partial charge in [-0.15, -0.1) is 0 Å². The lowest BCUT2D eigenvalue weighted by atomic mass is 9.61. The minimum Gasteiger partial charge on any atom is -0.497 e. The number of aryl methyl sites for hydroxylation is 1. The molecule has 0 unspecified atom stereocenters. The number of nitrogens with zero attached hydrogens (tertiary/aromatic N) is 4. The Kier molecular flexibility index (Phi) is 10.4. The van der Waals surface area contributed by atoms with E-state index in [4.69, 9.17) is 4.74 Å². The van der Waals surface area contributed by atoms with Crippen molar-refractivity contribution in [3.8, 4) is 17.1 Å². The zero-order chi connectivity index (χ0) is 40.8. The summed E-state index contributed by atoms with van der Waals surface area (Å²) in [6.07, 6.45) is 12.9. The highest BCUT2D eigenvalue weighted by Gasteiger charge is 2.48. The van der Waals surface area contributed by atoms with Crippen molar-refractivity contribution in [2.24, 2.45) is 10.8 Å². The van der Waals surface area contributed by atoms with Gasteiger partial charge in [-0.3, -0.25) is 14.4 Å². The van der Waals surface area contributed by atoms with E-state index in [1.165, 1.54) is 41.0 Å². The normalized spacial score (nSPS) is 21.9. The van der Waals surface area contributed by atoms with E-state index >= 15 is 0 Å². The maximum Gasteiger partial charge on any atom is 0.140 e. The lowest BCUT2D eigenvalue weighted by molar-refractivity contribution is -0.132. The third-order valence-electron chi connectivity index (χ3n) is 12.8. The van der Waals surface area contributed by atoms with E-state index in [0.29, 0.717) is 25.7 Å². The minimum atomic E-state index is -0.695. The molecule has 1 N–H and O–H groups in total. The van der Waals surface area contributed by atoms with Crippen molar-refractivity contribution in [2.75, 3.05) is 7.11 Å². The summed E-state index contributed by atoms with van der Waals surface area (Å²) in [5.74, 6) is 0.710. The summed E-state index contributed by atoms with van der Waals surface area (Å²) < 4.78 is 35.5. The number of hydrogen-bond acceptors (Lipinski definition) is 7. The summed E-state index contributed by atoms with van der Waals surface area (Å²) in [4.78, 5) is 37.4. The number of ether oxygens (including phenoxy) is 1. The molecule has 2 heterocycles. The molecule has 0 saturated heterocycles. The van der Waals surface area contributed by atoms with Crippen LogP contribution in [0.25, 0.3) is 23.5 Å². The first-order chi connectivity index (χ1) is 27.9. The quantitative estimate of drug-likeness (QED) is 0.168. The number of Topliss-reactive ketones (excluding diaryl/α,β-unsaturated/α-hetero) is 3. The van der Waals surface area contributed by atoms with Gasteiger partial charge in [0.2, 0.25) is 0 Å². The van der Waals surface area contributed by atoms with Crippen LogP contribution in [0.1, 0.15) is 86.0 Å². The molecule has 4 aliphatic carbocycles. The van der Waals surface area contributed by atoms with Crippen molar-refractivity contribution in [1.29, 1.82) is 0 Å². The fraction of sp³-hybridized carbons (Fsp3) is 0.340. The van der Waals surface area contributed by atoms with E-state index in [-0.39, 0.29) is 41.4 Å². The lowest BCUT2D eigenvalue weighted by Gasteiger charge is -2.44. The number of fused-ring (bicyclic) bond motifs is 4. The third-order valence-corrected chi connectivity index (χ3v) is 12.8. The summed E-state index contributed by atoms with van der Waals surface area (Å²) in [6, 6.07) is 18.9. The first kappa shape index (κ1) is 39.0. The number of ketones is 3. The van der Waals surface area contributed by atoms with Gasteiger partial charge in [0, 0.05) is 25.4 Å². The molecule has 0 bridgehead atoms. The van der Waals surface area contributed by atoms with Crippen molar-refractivity contribution in [3.05, 3.63) is 136 Å². The van der Waals surface area contributed by atoms with Crippen LogP contribution in [0.5, 0.6) is 5.75 Å². The van der Waals surface area contributed by atoms with Gasteiger partial charge in [-0.25, -0.2) is 18.1 Å². The smallest absolute Gasteiger partial charge is 0.140 e.